The maximum absolute atomic E-state index is 11.0. The van der Waals surface area contributed by atoms with E-state index in [1.165, 1.54) is 0 Å². The third kappa shape index (κ3) is 1.57. The Morgan fingerprint density at radius 2 is 2.11 bits per heavy atom. The van der Waals surface area contributed by atoms with Crippen molar-refractivity contribution in [3.8, 4) is 5.69 Å². The minimum Gasteiger partial charge on any atom is -0.318 e. The standard InChI is InChI=1S/C14H12N2OS/c1-9-5-11(7-17)10(2)16(9)12-3-4-13-14(6-12)18-8-15-13/h3-8H,1-2H3. The van der Waals surface area contributed by atoms with Crippen LogP contribution in [0, 0.1) is 13.8 Å². The smallest absolute Gasteiger partial charge is 0.151 e. The molecule has 0 saturated carbocycles. The molecule has 18 heavy (non-hydrogen) atoms. The zero-order valence-corrected chi connectivity index (χ0v) is 11.0. The van der Waals surface area contributed by atoms with E-state index in [0.29, 0.717) is 0 Å². The van der Waals surface area contributed by atoms with E-state index < -0.39 is 0 Å². The largest absolute Gasteiger partial charge is 0.318 e. The number of rotatable bonds is 2. The van der Waals surface area contributed by atoms with Crippen molar-refractivity contribution in [3.63, 3.8) is 0 Å². The first-order chi connectivity index (χ1) is 8.70. The van der Waals surface area contributed by atoms with Crippen LogP contribution in [0.3, 0.4) is 0 Å². The first-order valence-corrected chi connectivity index (χ1v) is 6.56. The Kier molecular flexibility index (Phi) is 2.52. The summed E-state index contributed by atoms with van der Waals surface area (Å²) in [5.74, 6) is 0. The highest BCUT2D eigenvalue weighted by atomic mass is 32.1. The van der Waals surface area contributed by atoms with Crippen LogP contribution in [0.1, 0.15) is 21.7 Å². The van der Waals surface area contributed by atoms with Gasteiger partial charge in [0.15, 0.2) is 6.29 Å². The van der Waals surface area contributed by atoms with E-state index in [4.69, 9.17) is 0 Å². The number of carbonyl (C=O) groups is 1. The summed E-state index contributed by atoms with van der Waals surface area (Å²) < 4.78 is 3.26. The van der Waals surface area contributed by atoms with Crippen LogP contribution in [0.25, 0.3) is 15.9 Å². The third-order valence-corrected chi connectivity index (χ3v) is 3.96. The van der Waals surface area contributed by atoms with Crippen molar-refractivity contribution >= 4 is 27.8 Å². The second kappa shape index (κ2) is 4.07. The second-order valence-electron chi connectivity index (χ2n) is 4.28. The van der Waals surface area contributed by atoms with Gasteiger partial charge in [0, 0.05) is 22.6 Å². The first-order valence-electron chi connectivity index (χ1n) is 5.68. The lowest BCUT2D eigenvalue weighted by Gasteiger charge is -2.09. The molecule has 0 unspecified atom stereocenters. The number of hydrogen-bond acceptors (Lipinski definition) is 3. The molecule has 90 valence electrons. The van der Waals surface area contributed by atoms with E-state index in [1.807, 2.05) is 37.6 Å². The van der Waals surface area contributed by atoms with E-state index in [0.717, 1.165) is 39.1 Å². The molecular weight excluding hydrogens is 244 g/mol. The fraction of sp³-hybridized carbons (Fsp3) is 0.143. The molecule has 0 atom stereocenters. The average molecular weight is 256 g/mol. The predicted octanol–water partition coefficient (Wildman–Crippen LogP) is 3.52. The summed E-state index contributed by atoms with van der Waals surface area (Å²) in [6.45, 7) is 3.98. The van der Waals surface area contributed by atoms with Crippen molar-refractivity contribution in [1.82, 2.24) is 9.55 Å². The highest BCUT2D eigenvalue weighted by Crippen LogP contribution is 2.25. The molecule has 2 heterocycles. The molecule has 2 aromatic heterocycles. The van der Waals surface area contributed by atoms with Gasteiger partial charge >= 0.3 is 0 Å². The number of thiazole rings is 1. The summed E-state index contributed by atoms with van der Waals surface area (Å²) in [5, 5.41) is 0. The van der Waals surface area contributed by atoms with Crippen LogP contribution in [0.15, 0.2) is 29.8 Å². The van der Waals surface area contributed by atoms with Gasteiger partial charge in [0.1, 0.15) is 0 Å². The summed E-state index contributed by atoms with van der Waals surface area (Å²) in [7, 11) is 0. The minimum atomic E-state index is 0.747. The van der Waals surface area contributed by atoms with Gasteiger partial charge < -0.3 is 4.57 Å². The number of fused-ring (bicyclic) bond motifs is 1. The highest BCUT2D eigenvalue weighted by Gasteiger charge is 2.10. The Morgan fingerprint density at radius 1 is 1.28 bits per heavy atom. The van der Waals surface area contributed by atoms with E-state index in [1.54, 1.807) is 11.3 Å². The minimum absolute atomic E-state index is 0.747. The summed E-state index contributed by atoms with van der Waals surface area (Å²) in [6, 6.07) is 8.08. The molecule has 0 aliphatic rings. The molecule has 3 rings (SSSR count). The number of aryl methyl sites for hydroxylation is 1. The Labute approximate surface area is 109 Å². The second-order valence-corrected chi connectivity index (χ2v) is 5.17. The maximum Gasteiger partial charge on any atom is 0.151 e. The highest BCUT2D eigenvalue weighted by molar-refractivity contribution is 7.16. The van der Waals surface area contributed by atoms with E-state index in [9.17, 15) is 4.79 Å². The molecule has 0 radical (unpaired) electrons. The Bertz CT molecular complexity index is 739. The topological polar surface area (TPSA) is 34.9 Å². The number of nitrogens with zero attached hydrogens (tertiary/aromatic N) is 2. The Balaban J connectivity index is 2.24. The molecule has 4 heteroatoms. The van der Waals surface area contributed by atoms with Crippen LogP contribution in [0.2, 0.25) is 0 Å². The van der Waals surface area contributed by atoms with E-state index in [2.05, 4.69) is 15.6 Å². The first kappa shape index (κ1) is 11.2. The van der Waals surface area contributed by atoms with Crippen LogP contribution in [-0.2, 0) is 0 Å². The van der Waals surface area contributed by atoms with Crippen molar-refractivity contribution in [2.45, 2.75) is 13.8 Å². The van der Waals surface area contributed by atoms with Gasteiger partial charge in [-0.2, -0.15) is 0 Å². The SMILES string of the molecule is Cc1cc(C=O)c(C)n1-c1ccc2ncsc2c1. The summed E-state index contributed by atoms with van der Waals surface area (Å²) in [6.07, 6.45) is 0.907. The van der Waals surface area contributed by atoms with Crippen molar-refractivity contribution in [1.29, 1.82) is 0 Å². The molecule has 0 amide bonds. The lowest BCUT2D eigenvalue weighted by molar-refractivity contribution is 0.112. The number of benzene rings is 1. The van der Waals surface area contributed by atoms with Gasteiger partial charge in [-0.05, 0) is 38.1 Å². The Morgan fingerprint density at radius 3 is 2.83 bits per heavy atom. The Hall–Kier alpha value is -1.94. The molecule has 1 aromatic carbocycles. The van der Waals surface area contributed by atoms with Gasteiger partial charge in [0.2, 0.25) is 0 Å². The molecule has 0 bridgehead atoms. The van der Waals surface area contributed by atoms with Gasteiger partial charge in [0.25, 0.3) is 0 Å². The zero-order chi connectivity index (χ0) is 12.7. The quantitative estimate of drug-likeness (QED) is 0.657. The van der Waals surface area contributed by atoms with Gasteiger partial charge in [-0.3, -0.25) is 4.79 Å². The normalized spacial score (nSPS) is 11.0. The van der Waals surface area contributed by atoms with E-state index in [-0.39, 0.29) is 0 Å². The van der Waals surface area contributed by atoms with Gasteiger partial charge in [-0.25, -0.2) is 4.98 Å². The van der Waals surface area contributed by atoms with Crippen molar-refractivity contribution < 1.29 is 4.79 Å². The van der Waals surface area contributed by atoms with Gasteiger partial charge in [-0.1, -0.05) is 0 Å². The fourth-order valence-corrected chi connectivity index (χ4v) is 3.00. The van der Waals surface area contributed by atoms with Gasteiger partial charge in [0.05, 0.1) is 15.7 Å². The number of hydrogen-bond donors (Lipinski definition) is 0. The van der Waals surface area contributed by atoms with Crippen LogP contribution in [-0.4, -0.2) is 15.8 Å². The molecule has 3 aromatic rings. The number of carbonyl (C=O) groups excluding carboxylic acids is 1. The van der Waals surface area contributed by atoms with Crippen LogP contribution in [0.4, 0.5) is 0 Å². The predicted molar refractivity (Wildman–Crippen MR) is 73.8 cm³/mol. The summed E-state index contributed by atoms with van der Waals surface area (Å²) in [4.78, 5) is 15.2. The molecule has 3 nitrogen and oxygen atoms in total. The third-order valence-electron chi connectivity index (χ3n) is 3.17. The van der Waals surface area contributed by atoms with Crippen molar-refractivity contribution in [2.24, 2.45) is 0 Å². The molecule has 0 N–H and O–H groups in total. The van der Waals surface area contributed by atoms with Crippen LogP contribution >= 0.6 is 11.3 Å². The van der Waals surface area contributed by atoms with Crippen LogP contribution in [0.5, 0.6) is 0 Å². The average Bonchev–Trinajstić information content (AvgIpc) is 2.93. The summed E-state index contributed by atoms with van der Waals surface area (Å²) in [5.41, 5.74) is 6.74. The molecule has 0 saturated heterocycles. The van der Waals surface area contributed by atoms with Crippen molar-refractivity contribution in [3.05, 3.63) is 46.7 Å². The lowest BCUT2D eigenvalue weighted by atomic mass is 10.2. The van der Waals surface area contributed by atoms with E-state index >= 15 is 0 Å². The number of aldehydes is 1. The molecule has 0 fully saturated rings. The van der Waals surface area contributed by atoms with Crippen LogP contribution < -0.4 is 0 Å². The molecular formula is C14H12N2OS. The van der Waals surface area contributed by atoms with Crippen molar-refractivity contribution in [2.75, 3.05) is 0 Å². The van der Waals surface area contributed by atoms with Gasteiger partial charge in [-0.15, -0.1) is 11.3 Å². The molecule has 0 aliphatic heterocycles. The maximum atomic E-state index is 11.0. The number of aromatic nitrogens is 2. The molecule has 0 aliphatic carbocycles. The zero-order valence-electron chi connectivity index (χ0n) is 10.2. The molecule has 0 spiro atoms. The lowest BCUT2D eigenvalue weighted by Crippen LogP contribution is -1.99. The monoisotopic (exact) mass is 256 g/mol. The fourth-order valence-electron chi connectivity index (χ4n) is 2.29. The summed E-state index contributed by atoms with van der Waals surface area (Å²) >= 11 is 1.63.